The first kappa shape index (κ1) is 16.2. The number of fused-ring (bicyclic) bond motifs is 1. The lowest BCUT2D eigenvalue weighted by atomic mass is 9.84. The van der Waals surface area contributed by atoms with Gasteiger partial charge in [0.1, 0.15) is 11.6 Å². The number of allylic oxidation sites excluding steroid dienone is 1. The standard InChI is InChI=1S/C20H14ClN3O2/c1-12-17-18(13-7-9-14(21)10-8-13)16(11-22)20(25)26-19(17)24(23-12)15-5-3-2-4-6-15/h2-10,18,25H,1H3/t18-/m1/s1. The van der Waals surface area contributed by atoms with Crippen LogP contribution in [0.15, 0.2) is 66.1 Å². The zero-order valence-corrected chi connectivity index (χ0v) is 14.6. The van der Waals surface area contributed by atoms with E-state index in [0.29, 0.717) is 10.9 Å². The molecule has 3 aromatic rings. The predicted molar refractivity (Wildman–Crippen MR) is 97.5 cm³/mol. The number of aryl methyl sites for hydroxylation is 1. The first-order valence-electron chi connectivity index (χ1n) is 8.01. The highest BCUT2D eigenvalue weighted by molar-refractivity contribution is 6.30. The Morgan fingerprint density at radius 1 is 1.15 bits per heavy atom. The minimum Gasteiger partial charge on any atom is -0.480 e. The van der Waals surface area contributed by atoms with E-state index >= 15 is 0 Å². The van der Waals surface area contributed by atoms with Crippen LogP contribution in [-0.2, 0) is 0 Å². The van der Waals surface area contributed by atoms with Gasteiger partial charge in [0.15, 0.2) is 0 Å². The Morgan fingerprint density at radius 3 is 2.50 bits per heavy atom. The smallest absolute Gasteiger partial charge is 0.298 e. The summed E-state index contributed by atoms with van der Waals surface area (Å²) in [5.74, 6) is -0.472. The van der Waals surface area contributed by atoms with Crippen molar-refractivity contribution in [2.75, 3.05) is 0 Å². The number of hydrogen-bond acceptors (Lipinski definition) is 4. The van der Waals surface area contributed by atoms with Gasteiger partial charge in [-0.05, 0) is 36.8 Å². The van der Waals surface area contributed by atoms with Crippen LogP contribution in [0.3, 0.4) is 0 Å². The molecule has 26 heavy (non-hydrogen) atoms. The lowest BCUT2D eigenvalue weighted by Gasteiger charge is -2.24. The number of halogens is 1. The number of aromatic nitrogens is 2. The molecule has 5 nitrogen and oxygen atoms in total. The molecular weight excluding hydrogens is 350 g/mol. The highest BCUT2D eigenvalue weighted by Gasteiger charge is 2.36. The molecule has 4 rings (SSSR count). The van der Waals surface area contributed by atoms with Crippen LogP contribution in [0.5, 0.6) is 5.88 Å². The molecule has 1 atom stereocenters. The van der Waals surface area contributed by atoms with Gasteiger partial charge in [-0.15, -0.1) is 0 Å². The molecule has 1 N–H and O–H groups in total. The van der Waals surface area contributed by atoms with Crippen molar-refractivity contribution in [3.63, 3.8) is 0 Å². The normalized spacial score (nSPS) is 16.0. The van der Waals surface area contributed by atoms with Crippen LogP contribution in [0.4, 0.5) is 0 Å². The molecule has 0 saturated heterocycles. The van der Waals surface area contributed by atoms with E-state index in [1.165, 1.54) is 0 Å². The van der Waals surface area contributed by atoms with Gasteiger partial charge in [0.05, 0.1) is 22.9 Å². The first-order chi connectivity index (χ1) is 12.6. The van der Waals surface area contributed by atoms with E-state index in [1.807, 2.05) is 49.4 Å². The van der Waals surface area contributed by atoms with E-state index < -0.39 is 11.9 Å². The number of ether oxygens (including phenoxy) is 1. The van der Waals surface area contributed by atoms with Crippen LogP contribution in [0.2, 0.25) is 5.02 Å². The van der Waals surface area contributed by atoms with Gasteiger partial charge >= 0.3 is 0 Å². The Hall–Kier alpha value is -3.23. The molecule has 0 spiro atoms. The molecule has 128 valence electrons. The van der Waals surface area contributed by atoms with E-state index in [4.69, 9.17) is 16.3 Å². The van der Waals surface area contributed by atoms with Gasteiger partial charge in [-0.2, -0.15) is 10.4 Å². The van der Waals surface area contributed by atoms with Gasteiger partial charge in [0, 0.05) is 5.02 Å². The Balaban J connectivity index is 1.95. The number of para-hydroxylation sites is 1. The Bertz CT molecular complexity index is 1050. The second-order valence-corrected chi connectivity index (χ2v) is 6.41. The van der Waals surface area contributed by atoms with Crippen molar-refractivity contribution < 1.29 is 9.84 Å². The number of aliphatic hydroxyl groups is 1. The summed E-state index contributed by atoms with van der Waals surface area (Å²) in [5.41, 5.74) is 3.27. The molecule has 1 aliphatic rings. The molecule has 0 bridgehead atoms. The predicted octanol–water partition coefficient (Wildman–Crippen LogP) is 4.65. The second-order valence-electron chi connectivity index (χ2n) is 5.97. The van der Waals surface area contributed by atoms with Crippen LogP contribution in [-0.4, -0.2) is 14.9 Å². The number of benzene rings is 2. The van der Waals surface area contributed by atoms with Crippen LogP contribution in [0.25, 0.3) is 5.69 Å². The maximum absolute atomic E-state index is 10.4. The topological polar surface area (TPSA) is 71.1 Å². The molecule has 0 unspecified atom stereocenters. The van der Waals surface area contributed by atoms with Crippen molar-refractivity contribution >= 4 is 11.6 Å². The molecule has 0 radical (unpaired) electrons. The fraction of sp³-hybridized carbons (Fsp3) is 0.100. The SMILES string of the molecule is Cc1nn(-c2ccccc2)c2c1[C@H](c1ccc(Cl)cc1)C(C#N)=C(O)O2. The molecule has 1 aromatic heterocycles. The van der Waals surface area contributed by atoms with Gasteiger partial charge in [-0.1, -0.05) is 41.9 Å². The third kappa shape index (κ3) is 2.52. The van der Waals surface area contributed by atoms with E-state index in [2.05, 4.69) is 11.2 Å². The van der Waals surface area contributed by atoms with Crippen molar-refractivity contribution in [3.8, 4) is 17.6 Å². The molecule has 1 aliphatic heterocycles. The maximum atomic E-state index is 10.4. The lowest BCUT2D eigenvalue weighted by molar-refractivity contribution is 0.185. The number of hydrogen-bond donors (Lipinski definition) is 1. The van der Waals surface area contributed by atoms with Gasteiger partial charge in [0.2, 0.25) is 5.88 Å². The molecule has 0 saturated carbocycles. The fourth-order valence-corrected chi connectivity index (χ4v) is 3.33. The summed E-state index contributed by atoms with van der Waals surface area (Å²) in [6.45, 7) is 1.86. The Morgan fingerprint density at radius 2 is 1.85 bits per heavy atom. The Labute approximate surface area is 155 Å². The van der Waals surface area contributed by atoms with Crippen LogP contribution in [0, 0.1) is 18.3 Å². The number of aliphatic hydroxyl groups excluding tert-OH is 1. The Kier molecular flexibility index (Phi) is 3.90. The van der Waals surface area contributed by atoms with Crippen molar-refractivity contribution in [2.45, 2.75) is 12.8 Å². The third-order valence-corrected chi connectivity index (χ3v) is 4.64. The maximum Gasteiger partial charge on any atom is 0.298 e. The summed E-state index contributed by atoms with van der Waals surface area (Å²) in [4.78, 5) is 0. The molecule has 0 fully saturated rings. The molecule has 2 heterocycles. The zero-order chi connectivity index (χ0) is 18.3. The summed E-state index contributed by atoms with van der Waals surface area (Å²) in [6.07, 6.45) is 0. The average molecular weight is 364 g/mol. The summed E-state index contributed by atoms with van der Waals surface area (Å²) in [7, 11) is 0. The van der Waals surface area contributed by atoms with Gasteiger partial charge in [-0.25, -0.2) is 4.68 Å². The van der Waals surface area contributed by atoms with E-state index in [9.17, 15) is 10.4 Å². The average Bonchev–Trinajstić information content (AvgIpc) is 2.98. The largest absolute Gasteiger partial charge is 0.480 e. The summed E-state index contributed by atoms with van der Waals surface area (Å²) in [5, 5.41) is 25.1. The number of rotatable bonds is 2. The monoisotopic (exact) mass is 363 g/mol. The van der Waals surface area contributed by atoms with Crippen molar-refractivity contribution in [3.05, 3.63) is 88.0 Å². The molecular formula is C20H14ClN3O2. The summed E-state index contributed by atoms with van der Waals surface area (Å²) < 4.78 is 7.24. The highest BCUT2D eigenvalue weighted by atomic mass is 35.5. The number of nitrogens with zero attached hydrogens (tertiary/aromatic N) is 3. The third-order valence-electron chi connectivity index (χ3n) is 4.39. The van der Waals surface area contributed by atoms with Crippen LogP contribution < -0.4 is 4.74 Å². The molecule has 6 heteroatoms. The first-order valence-corrected chi connectivity index (χ1v) is 8.39. The van der Waals surface area contributed by atoms with Crippen molar-refractivity contribution in [1.29, 1.82) is 5.26 Å². The van der Waals surface area contributed by atoms with Crippen molar-refractivity contribution in [1.82, 2.24) is 9.78 Å². The summed E-state index contributed by atoms with van der Waals surface area (Å²) in [6, 6.07) is 18.8. The van der Waals surface area contributed by atoms with Crippen LogP contribution >= 0.6 is 11.6 Å². The minimum atomic E-state index is -0.474. The lowest BCUT2D eigenvalue weighted by Crippen LogP contribution is -2.17. The van der Waals surface area contributed by atoms with E-state index in [-0.39, 0.29) is 5.57 Å². The van der Waals surface area contributed by atoms with Crippen molar-refractivity contribution in [2.24, 2.45) is 0 Å². The van der Waals surface area contributed by atoms with Gasteiger partial charge in [0.25, 0.3) is 5.95 Å². The van der Waals surface area contributed by atoms with Gasteiger partial charge < -0.3 is 9.84 Å². The zero-order valence-electron chi connectivity index (χ0n) is 13.8. The minimum absolute atomic E-state index is 0.149. The quantitative estimate of drug-likeness (QED) is 0.719. The molecule has 0 amide bonds. The van der Waals surface area contributed by atoms with E-state index in [1.54, 1.807) is 16.8 Å². The summed E-state index contributed by atoms with van der Waals surface area (Å²) >= 11 is 6.00. The van der Waals surface area contributed by atoms with Crippen LogP contribution in [0.1, 0.15) is 22.7 Å². The molecule has 0 aliphatic carbocycles. The number of nitriles is 1. The molecule has 2 aromatic carbocycles. The highest BCUT2D eigenvalue weighted by Crippen LogP contribution is 2.45. The second kappa shape index (κ2) is 6.25. The van der Waals surface area contributed by atoms with E-state index in [0.717, 1.165) is 22.5 Å². The fourth-order valence-electron chi connectivity index (χ4n) is 3.21. The van der Waals surface area contributed by atoms with Gasteiger partial charge in [-0.3, -0.25) is 0 Å².